The van der Waals surface area contributed by atoms with Crippen LogP contribution >= 0.6 is 0 Å². The minimum atomic E-state index is 0.609. The van der Waals surface area contributed by atoms with Crippen molar-refractivity contribution in [2.45, 2.75) is 37.6 Å². The number of likely N-dealkylation sites (tertiary alicyclic amines) is 1. The summed E-state index contributed by atoms with van der Waals surface area (Å²) in [6.45, 7) is 2.46. The van der Waals surface area contributed by atoms with E-state index in [1.54, 1.807) is 0 Å². The van der Waals surface area contributed by atoms with Crippen LogP contribution in [0.3, 0.4) is 0 Å². The molecule has 0 spiro atoms. The molecule has 1 aliphatic carbocycles. The first kappa shape index (κ1) is 10.6. The number of hydrogen-bond donors (Lipinski definition) is 1. The summed E-state index contributed by atoms with van der Waals surface area (Å²) in [6.07, 6.45) is 5.51. The molecule has 1 saturated heterocycles. The molecule has 3 nitrogen and oxygen atoms in total. The van der Waals surface area contributed by atoms with Gasteiger partial charge in [-0.15, -0.1) is 0 Å². The summed E-state index contributed by atoms with van der Waals surface area (Å²) in [7, 11) is 0. The van der Waals surface area contributed by atoms with Crippen LogP contribution in [0.25, 0.3) is 11.0 Å². The zero-order chi connectivity index (χ0) is 11.9. The van der Waals surface area contributed by atoms with Crippen molar-refractivity contribution in [1.82, 2.24) is 14.9 Å². The van der Waals surface area contributed by atoms with E-state index >= 15 is 0 Å². The van der Waals surface area contributed by atoms with Gasteiger partial charge < -0.3 is 4.98 Å². The Morgan fingerprint density at radius 1 is 1.17 bits per heavy atom. The third-order valence-electron chi connectivity index (χ3n) is 4.61. The van der Waals surface area contributed by atoms with E-state index in [0.717, 1.165) is 11.6 Å². The van der Waals surface area contributed by atoms with Gasteiger partial charge in [0.1, 0.15) is 5.82 Å². The highest BCUT2D eigenvalue weighted by molar-refractivity contribution is 5.74. The van der Waals surface area contributed by atoms with E-state index < -0.39 is 0 Å². The molecule has 1 unspecified atom stereocenters. The van der Waals surface area contributed by atoms with Gasteiger partial charge in [-0.05, 0) is 37.9 Å². The van der Waals surface area contributed by atoms with E-state index in [2.05, 4.69) is 34.1 Å². The predicted octanol–water partition coefficient (Wildman–Crippen LogP) is 2.90. The first-order valence-electron chi connectivity index (χ1n) is 7.09. The van der Waals surface area contributed by atoms with Crippen molar-refractivity contribution >= 4 is 11.0 Å². The van der Waals surface area contributed by atoms with Crippen molar-refractivity contribution in [1.29, 1.82) is 0 Å². The largest absolute Gasteiger partial charge is 0.342 e. The zero-order valence-corrected chi connectivity index (χ0v) is 10.6. The van der Waals surface area contributed by atoms with Crippen LogP contribution in [0.2, 0.25) is 0 Å². The molecule has 1 aromatic carbocycles. The Hall–Kier alpha value is -1.35. The summed E-state index contributed by atoms with van der Waals surface area (Å²) >= 11 is 0. The fourth-order valence-corrected chi connectivity index (χ4v) is 3.26. The van der Waals surface area contributed by atoms with Gasteiger partial charge in [-0.2, -0.15) is 0 Å². The van der Waals surface area contributed by atoms with Crippen molar-refractivity contribution in [3.63, 3.8) is 0 Å². The third kappa shape index (κ3) is 1.65. The molecule has 2 aromatic rings. The van der Waals surface area contributed by atoms with Crippen molar-refractivity contribution in [2.24, 2.45) is 0 Å². The van der Waals surface area contributed by atoms with Crippen molar-refractivity contribution in [2.75, 3.05) is 13.1 Å². The van der Waals surface area contributed by atoms with Gasteiger partial charge in [0.05, 0.1) is 11.0 Å². The lowest BCUT2D eigenvalue weighted by Gasteiger charge is -2.34. The minimum absolute atomic E-state index is 0.609. The number of hydrogen-bond acceptors (Lipinski definition) is 2. The van der Waals surface area contributed by atoms with Gasteiger partial charge in [-0.25, -0.2) is 4.98 Å². The number of aromatic amines is 1. The number of para-hydroxylation sites is 2. The highest BCUT2D eigenvalue weighted by Crippen LogP contribution is 2.33. The number of benzene rings is 1. The number of aromatic nitrogens is 2. The Morgan fingerprint density at radius 2 is 2.06 bits per heavy atom. The second kappa shape index (κ2) is 4.09. The summed E-state index contributed by atoms with van der Waals surface area (Å²) in [5.41, 5.74) is 2.28. The lowest BCUT2D eigenvalue weighted by molar-refractivity contribution is 0.157. The Morgan fingerprint density at radius 3 is 2.83 bits per heavy atom. The van der Waals surface area contributed by atoms with Gasteiger partial charge in [0.25, 0.3) is 0 Å². The maximum atomic E-state index is 4.75. The quantitative estimate of drug-likeness (QED) is 0.876. The van der Waals surface area contributed by atoms with Crippen LogP contribution in [-0.4, -0.2) is 34.0 Å². The van der Waals surface area contributed by atoms with Crippen LogP contribution in [0.15, 0.2) is 24.3 Å². The Kier molecular flexibility index (Phi) is 2.40. The summed E-state index contributed by atoms with van der Waals surface area (Å²) in [5.74, 6) is 1.80. The second-order valence-electron chi connectivity index (χ2n) is 5.70. The van der Waals surface area contributed by atoms with E-state index in [0.29, 0.717) is 5.92 Å². The molecule has 2 aliphatic rings. The number of nitrogens with zero attached hydrogens (tertiary/aromatic N) is 2. The minimum Gasteiger partial charge on any atom is -0.342 e. The average Bonchev–Trinajstić information content (AvgIpc) is 2.91. The summed E-state index contributed by atoms with van der Waals surface area (Å²) in [6, 6.07) is 9.21. The smallest absolute Gasteiger partial charge is 0.111 e. The standard InChI is InChI=1S/C15H19N3/c1-2-7-14-13(6-1)16-15(17-14)11-8-9-18(10-11)12-4-3-5-12/h1-2,6-7,11-12H,3-5,8-10H2,(H,16,17). The Labute approximate surface area is 107 Å². The number of fused-ring (bicyclic) bond motifs is 1. The summed E-state index contributed by atoms with van der Waals surface area (Å²) in [4.78, 5) is 10.9. The topological polar surface area (TPSA) is 31.9 Å². The average molecular weight is 241 g/mol. The Balaban J connectivity index is 1.56. The summed E-state index contributed by atoms with van der Waals surface area (Å²) < 4.78 is 0. The molecule has 2 fully saturated rings. The van der Waals surface area contributed by atoms with E-state index in [1.807, 2.05) is 0 Å². The highest BCUT2D eigenvalue weighted by atomic mass is 15.2. The van der Waals surface area contributed by atoms with Crippen LogP contribution in [-0.2, 0) is 0 Å². The fraction of sp³-hybridized carbons (Fsp3) is 0.533. The van der Waals surface area contributed by atoms with Crippen LogP contribution in [0, 0.1) is 0 Å². The lowest BCUT2D eigenvalue weighted by atomic mass is 9.92. The van der Waals surface area contributed by atoms with Crippen LogP contribution < -0.4 is 0 Å². The van der Waals surface area contributed by atoms with Gasteiger partial charge in [-0.3, -0.25) is 4.90 Å². The van der Waals surface area contributed by atoms with E-state index in [4.69, 9.17) is 4.98 Å². The number of rotatable bonds is 2. The number of imidazole rings is 1. The molecular formula is C15H19N3. The SMILES string of the molecule is c1ccc2[nH]c(C3CCN(C4CCC4)C3)nc2c1. The van der Waals surface area contributed by atoms with Gasteiger partial charge in [0.15, 0.2) is 0 Å². The molecule has 2 heterocycles. The van der Waals surface area contributed by atoms with Crippen LogP contribution in [0.1, 0.15) is 37.4 Å². The third-order valence-corrected chi connectivity index (χ3v) is 4.61. The van der Waals surface area contributed by atoms with Gasteiger partial charge in [0.2, 0.25) is 0 Å². The van der Waals surface area contributed by atoms with Gasteiger partial charge in [-0.1, -0.05) is 18.6 Å². The first-order valence-corrected chi connectivity index (χ1v) is 7.09. The molecule has 1 N–H and O–H groups in total. The number of nitrogens with one attached hydrogen (secondary N) is 1. The fourth-order valence-electron chi connectivity index (χ4n) is 3.26. The van der Waals surface area contributed by atoms with Crippen LogP contribution in [0.4, 0.5) is 0 Å². The van der Waals surface area contributed by atoms with Crippen molar-refractivity contribution in [3.8, 4) is 0 Å². The maximum absolute atomic E-state index is 4.75. The number of H-pyrrole nitrogens is 1. The molecule has 1 aromatic heterocycles. The first-order chi connectivity index (χ1) is 8.90. The molecule has 3 heteroatoms. The molecule has 0 bridgehead atoms. The zero-order valence-electron chi connectivity index (χ0n) is 10.6. The van der Waals surface area contributed by atoms with Gasteiger partial charge >= 0.3 is 0 Å². The molecule has 0 amide bonds. The van der Waals surface area contributed by atoms with Gasteiger partial charge in [0, 0.05) is 18.5 Å². The molecule has 18 heavy (non-hydrogen) atoms. The normalized spacial score (nSPS) is 25.7. The van der Waals surface area contributed by atoms with Crippen molar-refractivity contribution in [3.05, 3.63) is 30.1 Å². The predicted molar refractivity (Wildman–Crippen MR) is 72.7 cm³/mol. The highest BCUT2D eigenvalue weighted by Gasteiger charge is 2.33. The van der Waals surface area contributed by atoms with E-state index in [1.165, 1.54) is 50.1 Å². The Bertz CT molecular complexity index is 523. The molecule has 94 valence electrons. The summed E-state index contributed by atoms with van der Waals surface area (Å²) in [5, 5.41) is 0. The monoisotopic (exact) mass is 241 g/mol. The second-order valence-corrected chi connectivity index (χ2v) is 5.70. The van der Waals surface area contributed by atoms with Crippen molar-refractivity contribution < 1.29 is 0 Å². The molecule has 1 saturated carbocycles. The molecule has 0 radical (unpaired) electrons. The maximum Gasteiger partial charge on any atom is 0.111 e. The molecule has 4 rings (SSSR count). The molecule has 1 atom stereocenters. The van der Waals surface area contributed by atoms with E-state index in [9.17, 15) is 0 Å². The van der Waals surface area contributed by atoms with E-state index in [-0.39, 0.29) is 0 Å². The van der Waals surface area contributed by atoms with Crippen LogP contribution in [0.5, 0.6) is 0 Å². The molecular weight excluding hydrogens is 222 g/mol. The lowest BCUT2D eigenvalue weighted by Crippen LogP contribution is -2.38. The molecule has 1 aliphatic heterocycles.